The summed E-state index contributed by atoms with van der Waals surface area (Å²) in [5.74, 6) is 1.79. The molecular weight excluding hydrogens is 262 g/mol. The van der Waals surface area contributed by atoms with E-state index in [1.54, 1.807) is 20.3 Å². The monoisotopic (exact) mass is 285 g/mol. The molecule has 0 aliphatic heterocycles. The largest absolute Gasteiger partial charge is 0.497 e. The average Bonchev–Trinajstić information content (AvgIpc) is 2.36. The number of hydrogen-bond acceptors (Lipinski definition) is 4. The lowest BCUT2D eigenvalue weighted by atomic mass is 10.1. The molecular formula is C14H23NO3S. The van der Waals surface area contributed by atoms with Crippen molar-refractivity contribution in [1.82, 2.24) is 0 Å². The SMILES string of the molecule is COc1ccc(C(N)CS(=O)C(C)(C)C)c(OC)c1. The predicted molar refractivity (Wildman–Crippen MR) is 79.2 cm³/mol. The summed E-state index contributed by atoms with van der Waals surface area (Å²) in [7, 11) is 2.19. The number of benzene rings is 1. The van der Waals surface area contributed by atoms with Crippen molar-refractivity contribution in [1.29, 1.82) is 0 Å². The van der Waals surface area contributed by atoms with Crippen LogP contribution in [-0.4, -0.2) is 28.9 Å². The molecule has 0 aliphatic rings. The molecule has 0 saturated heterocycles. The number of methoxy groups -OCH3 is 2. The van der Waals surface area contributed by atoms with Gasteiger partial charge in [-0.2, -0.15) is 0 Å². The summed E-state index contributed by atoms with van der Waals surface area (Å²) in [6, 6.07) is 5.16. The van der Waals surface area contributed by atoms with Gasteiger partial charge in [0.25, 0.3) is 0 Å². The van der Waals surface area contributed by atoms with Crippen LogP contribution < -0.4 is 15.2 Å². The molecule has 0 bridgehead atoms. The molecule has 1 aromatic carbocycles. The molecule has 19 heavy (non-hydrogen) atoms. The number of hydrogen-bond donors (Lipinski definition) is 1. The van der Waals surface area contributed by atoms with Crippen molar-refractivity contribution in [3.63, 3.8) is 0 Å². The fourth-order valence-corrected chi connectivity index (χ4v) is 2.63. The third-order valence-corrected chi connectivity index (χ3v) is 4.88. The average molecular weight is 285 g/mol. The second-order valence-corrected chi connectivity index (χ2v) is 7.59. The van der Waals surface area contributed by atoms with Crippen LogP contribution in [0.25, 0.3) is 0 Å². The van der Waals surface area contributed by atoms with Gasteiger partial charge in [0.15, 0.2) is 0 Å². The number of nitrogens with two attached hydrogens (primary N) is 1. The summed E-state index contributed by atoms with van der Waals surface area (Å²) in [6.07, 6.45) is 0. The van der Waals surface area contributed by atoms with Gasteiger partial charge in [-0.15, -0.1) is 0 Å². The van der Waals surface area contributed by atoms with Crippen molar-refractivity contribution in [3.8, 4) is 11.5 Å². The molecule has 5 heteroatoms. The van der Waals surface area contributed by atoms with E-state index in [0.717, 1.165) is 5.56 Å². The highest BCUT2D eigenvalue weighted by Gasteiger charge is 2.23. The van der Waals surface area contributed by atoms with Crippen LogP contribution in [0.3, 0.4) is 0 Å². The van der Waals surface area contributed by atoms with Gasteiger partial charge in [-0.3, -0.25) is 4.21 Å². The summed E-state index contributed by atoms with van der Waals surface area (Å²) in [5, 5.41) is 0. The standard InChI is InChI=1S/C14H23NO3S/c1-14(2,3)19(16)9-12(15)11-7-6-10(17-4)8-13(11)18-5/h6-8,12H,9,15H2,1-5H3. The van der Waals surface area contributed by atoms with Gasteiger partial charge >= 0.3 is 0 Å². The molecule has 2 unspecified atom stereocenters. The second kappa shape index (κ2) is 6.39. The molecule has 1 rings (SSSR count). The third-order valence-electron chi connectivity index (χ3n) is 2.85. The maximum atomic E-state index is 12.1. The molecule has 4 nitrogen and oxygen atoms in total. The Hall–Kier alpha value is -1.07. The highest BCUT2D eigenvalue weighted by Crippen LogP contribution is 2.29. The predicted octanol–water partition coefficient (Wildman–Crippen LogP) is 2.25. The van der Waals surface area contributed by atoms with Crippen LogP contribution in [-0.2, 0) is 10.8 Å². The molecule has 0 aliphatic carbocycles. The third kappa shape index (κ3) is 4.21. The molecule has 2 N–H and O–H groups in total. The quantitative estimate of drug-likeness (QED) is 0.901. The first-order valence-corrected chi connectivity index (χ1v) is 7.47. The van der Waals surface area contributed by atoms with Crippen LogP contribution in [0.4, 0.5) is 0 Å². The van der Waals surface area contributed by atoms with Crippen molar-refractivity contribution < 1.29 is 13.7 Å². The molecule has 0 saturated carbocycles. The molecule has 0 radical (unpaired) electrons. The zero-order valence-electron chi connectivity index (χ0n) is 12.2. The maximum Gasteiger partial charge on any atom is 0.127 e. The summed E-state index contributed by atoms with van der Waals surface area (Å²) >= 11 is 0. The van der Waals surface area contributed by atoms with Crippen LogP contribution >= 0.6 is 0 Å². The van der Waals surface area contributed by atoms with E-state index in [4.69, 9.17) is 15.2 Å². The smallest absolute Gasteiger partial charge is 0.127 e. The normalized spacial score (nSPS) is 14.8. The Morgan fingerprint density at radius 1 is 1.26 bits per heavy atom. The molecule has 1 aromatic rings. The van der Waals surface area contributed by atoms with E-state index in [2.05, 4.69) is 0 Å². The van der Waals surface area contributed by atoms with Crippen LogP contribution in [0.2, 0.25) is 0 Å². The van der Waals surface area contributed by atoms with E-state index in [9.17, 15) is 4.21 Å². The Balaban J connectivity index is 2.93. The van der Waals surface area contributed by atoms with E-state index in [1.165, 1.54) is 0 Å². The Morgan fingerprint density at radius 3 is 2.37 bits per heavy atom. The highest BCUT2D eigenvalue weighted by molar-refractivity contribution is 7.86. The number of ether oxygens (including phenoxy) is 2. The minimum Gasteiger partial charge on any atom is -0.497 e. The highest BCUT2D eigenvalue weighted by atomic mass is 32.2. The maximum absolute atomic E-state index is 12.1. The fourth-order valence-electron chi connectivity index (χ4n) is 1.63. The van der Waals surface area contributed by atoms with Gasteiger partial charge in [-0.05, 0) is 26.8 Å². The first-order chi connectivity index (χ1) is 8.79. The molecule has 0 spiro atoms. The van der Waals surface area contributed by atoms with Gasteiger partial charge in [-0.25, -0.2) is 0 Å². The van der Waals surface area contributed by atoms with Crippen molar-refractivity contribution >= 4 is 10.8 Å². The summed E-state index contributed by atoms with van der Waals surface area (Å²) in [5.41, 5.74) is 6.99. The lowest BCUT2D eigenvalue weighted by Crippen LogP contribution is -2.29. The minimum atomic E-state index is -0.997. The fraction of sp³-hybridized carbons (Fsp3) is 0.571. The molecule has 0 amide bonds. The lowest BCUT2D eigenvalue weighted by molar-refractivity contribution is 0.389. The van der Waals surface area contributed by atoms with E-state index >= 15 is 0 Å². The van der Waals surface area contributed by atoms with Crippen molar-refractivity contribution in [2.24, 2.45) is 5.73 Å². The van der Waals surface area contributed by atoms with Crippen molar-refractivity contribution in [3.05, 3.63) is 23.8 Å². The second-order valence-electron chi connectivity index (χ2n) is 5.34. The molecule has 2 atom stereocenters. The Bertz CT molecular complexity index is 454. The van der Waals surface area contributed by atoms with Gasteiger partial charge in [0.05, 0.1) is 14.2 Å². The van der Waals surface area contributed by atoms with E-state index in [1.807, 2.05) is 32.9 Å². The van der Waals surface area contributed by atoms with Crippen LogP contribution in [0.5, 0.6) is 11.5 Å². The molecule has 108 valence electrons. The minimum absolute atomic E-state index is 0.267. The Morgan fingerprint density at radius 2 is 1.89 bits per heavy atom. The van der Waals surface area contributed by atoms with Gasteiger partial charge in [0.2, 0.25) is 0 Å². The summed E-state index contributed by atoms with van der Waals surface area (Å²) in [6.45, 7) is 5.84. The Labute approximate surface area is 117 Å². The Kier molecular flexibility index (Phi) is 5.38. The van der Waals surface area contributed by atoms with Gasteiger partial charge in [0.1, 0.15) is 11.5 Å². The molecule has 0 heterocycles. The first-order valence-electron chi connectivity index (χ1n) is 6.15. The summed E-state index contributed by atoms with van der Waals surface area (Å²) in [4.78, 5) is 0. The van der Waals surface area contributed by atoms with Crippen LogP contribution in [0, 0.1) is 0 Å². The van der Waals surface area contributed by atoms with Crippen LogP contribution in [0.1, 0.15) is 32.4 Å². The zero-order valence-corrected chi connectivity index (χ0v) is 13.0. The topological polar surface area (TPSA) is 61.5 Å². The zero-order chi connectivity index (χ0) is 14.6. The lowest BCUT2D eigenvalue weighted by Gasteiger charge is -2.22. The van der Waals surface area contributed by atoms with E-state index < -0.39 is 10.8 Å². The van der Waals surface area contributed by atoms with Crippen molar-refractivity contribution in [2.75, 3.05) is 20.0 Å². The molecule has 0 aromatic heterocycles. The first kappa shape index (κ1) is 16.0. The van der Waals surface area contributed by atoms with E-state index in [-0.39, 0.29) is 10.8 Å². The van der Waals surface area contributed by atoms with Crippen molar-refractivity contribution in [2.45, 2.75) is 31.6 Å². The van der Waals surface area contributed by atoms with Gasteiger partial charge < -0.3 is 15.2 Å². The van der Waals surface area contributed by atoms with Crippen LogP contribution in [0.15, 0.2) is 18.2 Å². The van der Waals surface area contributed by atoms with Gasteiger partial charge in [0, 0.05) is 39.0 Å². The summed E-state index contributed by atoms with van der Waals surface area (Å²) < 4.78 is 22.3. The van der Waals surface area contributed by atoms with E-state index in [0.29, 0.717) is 17.3 Å². The number of rotatable bonds is 5. The molecule has 0 fully saturated rings. The van der Waals surface area contributed by atoms with Gasteiger partial charge in [-0.1, -0.05) is 6.07 Å².